The van der Waals surface area contributed by atoms with Crippen LogP contribution in [-0.4, -0.2) is 30.1 Å². The largest absolute Gasteiger partial charge is 0.491 e. The molecule has 1 N–H and O–H groups in total. The molecule has 0 aliphatic heterocycles. The smallest absolute Gasteiger partial charge is 0.137 e. The van der Waals surface area contributed by atoms with E-state index in [2.05, 4.69) is 23.5 Å². The Hall–Kier alpha value is -0.740. The first-order valence-corrected chi connectivity index (χ1v) is 7.03. The van der Waals surface area contributed by atoms with Gasteiger partial charge in [0.25, 0.3) is 0 Å². The van der Waals surface area contributed by atoms with Crippen LogP contribution >= 0.6 is 11.8 Å². The maximum Gasteiger partial charge on any atom is 0.137 e. The second-order valence-electron chi connectivity index (χ2n) is 3.50. The predicted molar refractivity (Wildman–Crippen MR) is 70.1 cm³/mol. The van der Waals surface area contributed by atoms with Gasteiger partial charge in [-0.1, -0.05) is 6.92 Å². The zero-order valence-corrected chi connectivity index (χ0v) is 10.8. The van der Waals surface area contributed by atoms with E-state index in [1.54, 1.807) is 18.0 Å². The van der Waals surface area contributed by atoms with Crippen LogP contribution in [0, 0.1) is 0 Å². The van der Waals surface area contributed by atoms with Gasteiger partial charge in [0.15, 0.2) is 0 Å². The summed E-state index contributed by atoms with van der Waals surface area (Å²) in [6.45, 7) is 4.77. The summed E-state index contributed by atoms with van der Waals surface area (Å²) in [6, 6.07) is 3.99. The molecule has 3 nitrogen and oxygen atoms in total. The van der Waals surface area contributed by atoms with Crippen LogP contribution in [0.15, 0.2) is 18.3 Å². The van der Waals surface area contributed by atoms with Gasteiger partial charge >= 0.3 is 0 Å². The number of thioether (sulfide) groups is 1. The van der Waals surface area contributed by atoms with Crippen molar-refractivity contribution in [2.45, 2.75) is 19.9 Å². The standard InChI is InChI=1S/C12H20N2OS/c1-3-6-13-9-11-4-5-12(10-14-11)15-7-8-16-2/h4-5,10,13H,3,6-9H2,1-2H3. The van der Waals surface area contributed by atoms with Crippen molar-refractivity contribution in [2.75, 3.05) is 25.2 Å². The molecule has 0 saturated carbocycles. The zero-order chi connectivity index (χ0) is 11.6. The van der Waals surface area contributed by atoms with Crippen LogP contribution in [0.5, 0.6) is 5.75 Å². The van der Waals surface area contributed by atoms with E-state index in [1.165, 1.54) is 0 Å². The van der Waals surface area contributed by atoms with Crippen molar-refractivity contribution in [3.8, 4) is 5.75 Å². The fourth-order valence-corrected chi connectivity index (χ4v) is 1.49. The quantitative estimate of drug-likeness (QED) is 0.707. The van der Waals surface area contributed by atoms with Crippen LogP contribution in [0.1, 0.15) is 19.0 Å². The molecule has 0 unspecified atom stereocenters. The lowest BCUT2D eigenvalue weighted by Crippen LogP contribution is -2.14. The number of rotatable bonds is 8. The minimum absolute atomic E-state index is 0.746. The fraction of sp³-hybridized carbons (Fsp3) is 0.583. The molecule has 0 aliphatic rings. The van der Waals surface area contributed by atoms with Gasteiger partial charge < -0.3 is 10.1 Å². The van der Waals surface area contributed by atoms with Crippen LogP contribution in [0.2, 0.25) is 0 Å². The predicted octanol–water partition coefficient (Wildman–Crippen LogP) is 2.32. The monoisotopic (exact) mass is 240 g/mol. The van der Waals surface area contributed by atoms with Gasteiger partial charge in [-0.25, -0.2) is 0 Å². The highest BCUT2D eigenvalue weighted by molar-refractivity contribution is 7.98. The highest BCUT2D eigenvalue weighted by atomic mass is 32.2. The van der Waals surface area contributed by atoms with Crippen molar-refractivity contribution in [2.24, 2.45) is 0 Å². The fourth-order valence-electron chi connectivity index (χ4n) is 1.24. The van der Waals surface area contributed by atoms with E-state index < -0.39 is 0 Å². The van der Waals surface area contributed by atoms with E-state index in [-0.39, 0.29) is 0 Å². The lowest BCUT2D eigenvalue weighted by Gasteiger charge is -2.06. The van der Waals surface area contributed by atoms with Crippen LogP contribution in [0.4, 0.5) is 0 Å². The Kier molecular flexibility index (Phi) is 7.01. The van der Waals surface area contributed by atoms with E-state index >= 15 is 0 Å². The lowest BCUT2D eigenvalue weighted by atomic mass is 10.3. The molecule has 0 fully saturated rings. The molecule has 4 heteroatoms. The molecule has 16 heavy (non-hydrogen) atoms. The summed E-state index contributed by atoms with van der Waals surface area (Å²) in [7, 11) is 0. The van der Waals surface area contributed by atoms with Crippen molar-refractivity contribution in [1.29, 1.82) is 0 Å². The summed E-state index contributed by atoms with van der Waals surface area (Å²) in [5.74, 6) is 1.87. The average Bonchev–Trinajstić information content (AvgIpc) is 2.32. The molecule has 90 valence electrons. The molecule has 0 spiro atoms. The Balaban J connectivity index is 2.30. The average molecular weight is 240 g/mol. The maximum absolute atomic E-state index is 5.52. The Bertz CT molecular complexity index is 248. The van der Waals surface area contributed by atoms with Crippen LogP contribution in [-0.2, 0) is 6.54 Å². The SMILES string of the molecule is CCCNCc1ccc(OCCSC)cn1. The number of pyridine rings is 1. The van der Waals surface area contributed by atoms with Crippen molar-refractivity contribution in [3.05, 3.63) is 24.0 Å². The van der Waals surface area contributed by atoms with E-state index in [9.17, 15) is 0 Å². The zero-order valence-electron chi connectivity index (χ0n) is 10.0. The first-order chi connectivity index (χ1) is 7.86. The van der Waals surface area contributed by atoms with E-state index in [4.69, 9.17) is 4.74 Å². The minimum Gasteiger partial charge on any atom is -0.491 e. The van der Waals surface area contributed by atoms with Gasteiger partial charge in [0.1, 0.15) is 5.75 Å². The molecular formula is C12H20N2OS. The number of ether oxygens (including phenoxy) is 1. The molecule has 0 amide bonds. The highest BCUT2D eigenvalue weighted by Gasteiger charge is 1.96. The van der Waals surface area contributed by atoms with Gasteiger partial charge in [0.05, 0.1) is 18.5 Å². The molecular weight excluding hydrogens is 220 g/mol. The van der Waals surface area contributed by atoms with Crippen molar-refractivity contribution >= 4 is 11.8 Å². The van der Waals surface area contributed by atoms with E-state index in [0.29, 0.717) is 0 Å². The third-order valence-electron chi connectivity index (χ3n) is 2.09. The second kappa shape index (κ2) is 8.42. The number of hydrogen-bond donors (Lipinski definition) is 1. The molecule has 0 bridgehead atoms. The summed E-state index contributed by atoms with van der Waals surface area (Å²) in [5.41, 5.74) is 1.06. The van der Waals surface area contributed by atoms with Gasteiger partial charge in [0.2, 0.25) is 0 Å². The van der Waals surface area contributed by atoms with Crippen LogP contribution in [0.3, 0.4) is 0 Å². The van der Waals surface area contributed by atoms with Gasteiger partial charge in [-0.2, -0.15) is 11.8 Å². The van der Waals surface area contributed by atoms with Gasteiger partial charge in [-0.3, -0.25) is 4.98 Å². The van der Waals surface area contributed by atoms with Crippen molar-refractivity contribution in [1.82, 2.24) is 10.3 Å². The summed E-state index contributed by atoms with van der Waals surface area (Å²) < 4.78 is 5.52. The minimum atomic E-state index is 0.746. The Morgan fingerprint density at radius 3 is 2.94 bits per heavy atom. The van der Waals surface area contributed by atoms with E-state index in [0.717, 1.165) is 43.3 Å². The molecule has 0 aliphatic carbocycles. The number of aromatic nitrogens is 1. The Labute approximate surface area is 102 Å². The van der Waals surface area contributed by atoms with Gasteiger partial charge in [-0.05, 0) is 31.4 Å². The lowest BCUT2D eigenvalue weighted by molar-refractivity contribution is 0.342. The molecule has 1 heterocycles. The molecule has 1 aromatic rings. The highest BCUT2D eigenvalue weighted by Crippen LogP contribution is 2.09. The van der Waals surface area contributed by atoms with Crippen LogP contribution < -0.4 is 10.1 Å². The second-order valence-corrected chi connectivity index (χ2v) is 4.49. The Morgan fingerprint density at radius 2 is 2.31 bits per heavy atom. The number of hydrogen-bond acceptors (Lipinski definition) is 4. The summed E-state index contributed by atoms with van der Waals surface area (Å²) in [5, 5.41) is 3.32. The molecule has 0 aromatic carbocycles. The summed E-state index contributed by atoms with van der Waals surface area (Å²) in [4.78, 5) is 4.33. The summed E-state index contributed by atoms with van der Waals surface area (Å²) in [6.07, 6.45) is 5.02. The third kappa shape index (κ3) is 5.37. The van der Waals surface area contributed by atoms with Crippen molar-refractivity contribution in [3.63, 3.8) is 0 Å². The first kappa shape index (κ1) is 13.3. The molecule has 1 rings (SSSR count). The maximum atomic E-state index is 5.52. The normalized spacial score (nSPS) is 10.4. The Morgan fingerprint density at radius 1 is 1.44 bits per heavy atom. The number of nitrogens with one attached hydrogen (secondary N) is 1. The van der Waals surface area contributed by atoms with Gasteiger partial charge in [0, 0.05) is 12.3 Å². The third-order valence-corrected chi connectivity index (χ3v) is 2.66. The molecule has 0 saturated heterocycles. The molecule has 0 radical (unpaired) electrons. The topological polar surface area (TPSA) is 34.1 Å². The van der Waals surface area contributed by atoms with E-state index in [1.807, 2.05) is 12.1 Å². The first-order valence-electron chi connectivity index (χ1n) is 5.64. The van der Waals surface area contributed by atoms with Gasteiger partial charge in [-0.15, -0.1) is 0 Å². The van der Waals surface area contributed by atoms with Crippen LogP contribution in [0.25, 0.3) is 0 Å². The van der Waals surface area contributed by atoms with Crippen molar-refractivity contribution < 1.29 is 4.74 Å². The molecule has 1 aromatic heterocycles. The summed E-state index contributed by atoms with van der Waals surface area (Å²) >= 11 is 1.78. The number of nitrogens with zero attached hydrogens (tertiary/aromatic N) is 1. The molecule has 0 atom stereocenters.